The van der Waals surface area contributed by atoms with Gasteiger partial charge in [-0.15, -0.1) is 0 Å². The first-order valence-electron chi connectivity index (χ1n) is 9.04. The first-order valence-corrected chi connectivity index (χ1v) is 9.04. The van der Waals surface area contributed by atoms with Crippen LogP contribution in [0.4, 0.5) is 0 Å². The van der Waals surface area contributed by atoms with Crippen molar-refractivity contribution in [3.8, 4) is 5.75 Å². The Morgan fingerprint density at radius 3 is 2.54 bits per heavy atom. The lowest BCUT2D eigenvalue weighted by molar-refractivity contribution is -0.143. The molecule has 0 atom stereocenters. The van der Waals surface area contributed by atoms with Crippen LogP contribution >= 0.6 is 0 Å². The molecule has 6 heteroatoms. The summed E-state index contributed by atoms with van der Waals surface area (Å²) < 4.78 is 10.4. The molecule has 28 heavy (non-hydrogen) atoms. The SMILES string of the molecule is CCOC(=O)CN(Cc1ccccc1)C(=O)c1ccc(OC)c2ncccc12. The minimum absolute atomic E-state index is 0.130. The fraction of sp³-hybridized carbons (Fsp3) is 0.227. The van der Waals surface area contributed by atoms with E-state index in [-0.39, 0.29) is 19.1 Å². The fourth-order valence-electron chi connectivity index (χ4n) is 3.03. The van der Waals surface area contributed by atoms with Gasteiger partial charge in [-0.05, 0) is 30.7 Å². The molecule has 1 heterocycles. The number of rotatable bonds is 7. The van der Waals surface area contributed by atoms with E-state index in [4.69, 9.17) is 9.47 Å². The third-order valence-corrected chi connectivity index (χ3v) is 4.31. The average Bonchev–Trinajstić information content (AvgIpc) is 2.73. The largest absolute Gasteiger partial charge is 0.494 e. The number of aromatic nitrogens is 1. The predicted octanol–water partition coefficient (Wildman–Crippen LogP) is 3.45. The van der Waals surface area contributed by atoms with Crippen molar-refractivity contribution in [3.05, 3.63) is 71.9 Å². The van der Waals surface area contributed by atoms with Crippen molar-refractivity contribution in [2.24, 2.45) is 0 Å². The Bertz CT molecular complexity index is 973. The molecule has 6 nitrogen and oxygen atoms in total. The van der Waals surface area contributed by atoms with E-state index in [2.05, 4.69) is 4.98 Å². The molecular formula is C22H22N2O4. The van der Waals surface area contributed by atoms with Crippen molar-refractivity contribution in [2.75, 3.05) is 20.3 Å². The minimum Gasteiger partial charge on any atom is -0.494 e. The van der Waals surface area contributed by atoms with Crippen LogP contribution in [0.25, 0.3) is 10.9 Å². The Hall–Kier alpha value is -3.41. The van der Waals surface area contributed by atoms with Crippen LogP contribution in [0.15, 0.2) is 60.8 Å². The van der Waals surface area contributed by atoms with Crippen LogP contribution < -0.4 is 4.74 Å². The maximum Gasteiger partial charge on any atom is 0.325 e. The number of nitrogens with zero attached hydrogens (tertiary/aromatic N) is 2. The van der Waals surface area contributed by atoms with E-state index in [0.717, 1.165) is 5.56 Å². The van der Waals surface area contributed by atoms with Gasteiger partial charge in [-0.25, -0.2) is 0 Å². The molecule has 2 aromatic carbocycles. The van der Waals surface area contributed by atoms with Gasteiger partial charge in [-0.2, -0.15) is 0 Å². The number of fused-ring (bicyclic) bond motifs is 1. The molecule has 3 rings (SSSR count). The van der Waals surface area contributed by atoms with E-state index in [1.807, 2.05) is 36.4 Å². The number of pyridine rings is 1. The maximum atomic E-state index is 13.4. The molecule has 0 aliphatic rings. The Morgan fingerprint density at radius 2 is 1.82 bits per heavy atom. The summed E-state index contributed by atoms with van der Waals surface area (Å²) in [5.41, 5.74) is 1.99. The van der Waals surface area contributed by atoms with Gasteiger partial charge in [-0.3, -0.25) is 14.6 Å². The predicted molar refractivity (Wildman–Crippen MR) is 106 cm³/mol. The van der Waals surface area contributed by atoms with Gasteiger partial charge in [-0.1, -0.05) is 36.4 Å². The molecule has 0 fully saturated rings. The highest BCUT2D eigenvalue weighted by molar-refractivity contribution is 6.08. The van der Waals surface area contributed by atoms with Crippen LogP contribution in [0.1, 0.15) is 22.8 Å². The summed E-state index contributed by atoms with van der Waals surface area (Å²) in [5.74, 6) is -0.118. The zero-order valence-electron chi connectivity index (χ0n) is 15.9. The lowest BCUT2D eigenvalue weighted by atomic mass is 10.1. The molecule has 0 unspecified atom stereocenters. The molecule has 0 N–H and O–H groups in total. The summed E-state index contributed by atoms with van der Waals surface area (Å²) in [6.07, 6.45) is 1.65. The number of amides is 1. The zero-order valence-corrected chi connectivity index (χ0v) is 15.9. The number of carbonyl (C=O) groups is 2. The highest BCUT2D eigenvalue weighted by atomic mass is 16.5. The second-order valence-electron chi connectivity index (χ2n) is 6.17. The van der Waals surface area contributed by atoms with Crippen LogP contribution in [-0.2, 0) is 16.1 Å². The molecule has 3 aromatic rings. The Kier molecular flexibility index (Phi) is 6.22. The molecule has 0 radical (unpaired) electrons. The number of esters is 1. The summed E-state index contributed by atoms with van der Waals surface area (Å²) in [5, 5.41) is 0.675. The van der Waals surface area contributed by atoms with Gasteiger partial charge in [0, 0.05) is 23.7 Å². The van der Waals surface area contributed by atoms with E-state index in [0.29, 0.717) is 28.8 Å². The van der Waals surface area contributed by atoms with Gasteiger partial charge in [0.05, 0.1) is 13.7 Å². The van der Waals surface area contributed by atoms with E-state index in [1.165, 1.54) is 4.90 Å². The van der Waals surface area contributed by atoms with E-state index in [9.17, 15) is 9.59 Å². The topological polar surface area (TPSA) is 68.7 Å². The molecule has 0 saturated heterocycles. The standard InChI is InChI=1S/C22H22N2O4/c1-3-28-20(25)15-24(14-16-8-5-4-6-9-16)22(26)18-11-12-19(27-2)21-17(18)10-7-13-23-21/h4-13H,3,14-15H2,1-2H3. The molecule has 1 amide bonds. The van der Waals surface area contributed by atoms with E-state index < -0.39 is 5.97 Å². The third-order valence-electron chi connectivity index (χ3n) is 4.31. The first kappa shape index (κ1) is 19.4. The quantitative estimate of drug-likeness (QED) is 0.589. The van der Waals surface area contributed by atoms with Crippen molar-refractivity contribution in [2.45, 2.75) is 13.5 Å². The van der Waals surface area contributed by atoms with Crippen molar-refractivity contribution >= 4 is 22.8 Å². The van der Waals surface area contributed by atoms with Crippen LogP contribution in [0.5, 0.6) is 5.75 Å². The summed E-state index contributed by atoms with van der Waals surface area (Å²) >= 11 is 0. The fourth-order valence-corrected chi connectivity index (χ4v) is 3.03. The highest BCUT2D eigenvalue weighted by Crippen LogP contribution is 2.27. The van der Waals surface area contributed by atoms with Gasteiger partial charge in [0.15, 0.2) is 0 Å². The molecule has 144 valence electrons. The molecule has 0 aliphatic heterocycles. The maximum absolute atomic E-state index is 13.4. The molecule has 1 aromatic heterocycles. The Balaban J connectivity index is 1.98. The molecular weight excluding hydrogens is 356 g/mol. The summed E-state index contributed by atoms with van der Waals surface area (Å²) in [6, 6.07) is 16.5. The van der Waals surface area contributed by atoms with Crippen molar-refractivity contribution in [1.29, 1.82) is 0 Å². The summed E-state index contributed by atoms with van der Waals surface area (Å²) in [6.45, 7) is 2.17. The van der Waals surface area contributed by atoms with Gasteiger partial charge in [0.2, 0.25) is 0 Å². The number of methoxy groups -OCH3 is 1. The Labute approximate surface area is 163 Å². The lowest BCUT2D eigenvalue weighted by Crippen LogP contribution is -2.36. The number of hydrogen-bond acceptors (Lipinski definition) is 5. The molecule has 0 saturated carbocycles. The number of ether oxygens (including phenoxy) is 2. The average molecular weight is 378 g/mol. The van der Waals surface area contributed by atoms with Crippen molar-refractivity contribution in [1.82, 2.24) is 9.88 Å². The van der Waals surface area contributed by atoms with Crippen LogP contribution in [-0.4, -0.2) is 42.0 Å². The van der Waals surface area contributed by atoms with Crippen molar-refractivity contribution < 1.29 is 19.1 Å². The number of hydrogen-bond donors (Lipinski definition) is 0. The van der Waals surface area contributed by atoms with Crippen LogP contribution in [0.2, 0.25) is 0 Å². The third kappa shape index (κ3) is 4.28. The molecule has 0 spiro atoms. The van der Waals surface area contributed by atoms with Gasteiger partial charge in [0.25, 0.3) is 5.91 Å². The lowest BCUT2D eigenvalue weighted by Gasteiger charge is -2.23. The number of carbonyl (C=O) groups excluding carboxylic acids is 2. The Morgan fingerprint density at radius 1 is 1.04 bits per heavy atom. The molecule has 0 aliphatic carbocycles. The van der Waals surface area contributed by atoms with E-state index >= 15 is 0 Å². The van der Waals surface area contributed by atoms with E-state index in [1.54, 1.807) is 38.4 Å². The minimum atomic E-state index is -0.442. The second-order valence-corrected chi connectivity index (χ2v) is 6.17. The summed E-state index contributed by atoms with van der Waals surface area (Å²) in [7, 11) is 1.56. The first-order chi connectivity index (χ1) is 13.6. The normalized spacial score (nSPS) is 10.5. The second kappa shape index (κ2) is 8.99. The monoisotopic (exact) mass is 378 g/mol. The smallest absolute Gasteiger partial charge is 0.325 e. The van der Waals surface area contributed by atoms with Gasteiger partial charge < -0.3 is 14.4 Å². The van der Waals surface area contributed by atoms with Crippen LogP contribution in [0.3, 0.4) is 0 Å². The number of benzene rings is 2. The zero-order chi connectivity index (χ0) is 19.9. The van der Waals surface area contributed by atoms with Gasteiger partial charge >= 0.3 is 5.97 Å². The molecule has 0 bridgehead atoms. The highest BCUT2D eigenvalue weighted by Gasteiger charge is 2.22. The van der Waals surface area contributed by atoms with Gasteiger partial charge in [0.1, 0.15) is 17.8 Å². The van der Waals surface area contributed by atoms with Crippen LogP contribution in [0, 0.1) is 0 Å². The van der Waals surface area contributed by atoms with Crippen molar-refractivity contribution in [3.63, 3.8) is 0 Å². The summed E-state index contributed by atoms with van der Waals surface area (Å²) in [4.78, 5) is 31.3.